The molecule has 3 aromatic rings. The molecule has 0 saturated heterocycles. The van der Waals surface area contributed by atoms with Gasteiger partial charge in [-0.15, -0.1) is 10.2 Å². The normalized spacial score (nSPS) is 10.3. The number of benzene rings is 1. The van der Waals surface area contributed by atoms with Crippen molar-refractivity contribution in [2.24, 2.45) is 0 Å². The van der Waals surface area contributed by atoms with E-state index in [1.807, 2.05) is 55.5 Å². The van der Waals surface area contributed by atoms with Crippen molar-refractivity contribution < 1.29 is 4.79 Å². The number of pyridine rings is 1. The summed E-state index contributed by atoms with van der Waals surface area (Å²) in [6.45, 7) is 5.06. The molecule has 0 unspecified atom stereocenters. The molecular formula is C21H25N7O. The Morgan fingerprint density at radius 3 is 2.28 bits per heavy atom. The average molecular weight is 391 g/mol. The van der Waals surface area contributed by atoms with Gasteiger partial charge in [0.15, 0.2) is 5.82 Å². The van der Waals surface area contributed by atoms with Crippen molar-refractivity contribution in [3.8, 4) is 0 Å². The number of aryl methyl sites for hydroxylation is 2. The lowest BCUT2D eigenvalue weighted by atomic mass is 10.1. The van der Waals surface area contributed by atoms with Crippen molar-refractivity contribution in [2.75, 3.05) is 29.0 Å². The second kappa shape index (κ2) is 10.0. The van der Waals surface area contributed by atoms with Crippen LogP contribution in [0.5, 0.6) is 0 Å². The molecule has 3 rings (SSSR count). The number of urea groups is 1. The van der Waals surface area contributed by atoms with Crippen LogP contribution < -0.4 is 21.3 Å². The molecular weight excluding hydrogens is 366 g/mol. The molecule has 0 fully saturated rings. The van der Waals surface area contributed by atoms with Gasteiger partial charge in [0.25, 0.3) is 0 Å². The number of nitrogens with zero attached hydrogens (tertiary/aromatic N) is 3. The van der Waals surface area contributed by atoms with E-state index in [0.29, 0.717) is 30.5 Å². The van der Waals surface area contributed by atoms with Crippen molar-refractivity contribution in [3.05, 3.63) is 65.9 Å². The van der Waals surface area contributed by atoms with Gasteiger partial charge in [0.05, 0.1) is 0 Å². The largest absolute Gasteiger partial charge is 0.367 e. The molecule has 0 saturated carbocycles. The monoisotopic (exact) mass is 391 g/mol. The molecule has 4 N–H and O–H groups in total. The van der Waals surface area contributed by atoms with Gasteiger partial charge < -0.3 is 21.3 Å². The lowest BCUT2D eigenvalue weighted by Gasteiger charge is -2.09. The molecule has 0 atom stereocenters. The Morgan fingerprint density at radius 1 is 0.897 bits per heavy atom. The zero-order valence-electron chi connectivity index (χ0n) is 16.6. The number of hydrogen-bond acceptors (Lipinski definition) is 6. The predicted molar refractivity (Wildman–Crippen MR) is 116 cm³/mol. The van der Waals surface area contributed by atoms with E-state index < -0.39 is 0 Å². The van der Waals surface area contributed by atoms with Crippen LogP contribution in [0.3, 0.4) is 0 Å². The van der Waals surface area contributed by atoms with Gasteiger partial charge in [-0.25, -0.2) is 9.78 Å². The van der Waals surface area contributed by atoms with Crippen molar-refractivity contribution in [1.29, 1.82) is 0 Å². The van der Waals surface area contributed by atoms with Gasteiger partial charge in [-0.2, -0.15) is 0 Å². The molecule has 0 radical (unpaired) electrons. The topological polar surface area (TPSA) is 104 Å². The number of nitrogens with one attached hydrogen (secondary N) is 4. The third kappa shape index (κ3) is 6.46. The average Bonchev–Trinajstić information content (AvgIpc) is 2.74. The first-order chi connectivity index (χ1) is 14.1. The lowest BCUT2D eigenvalue weighted by molar-refractivity contribution is 0.252. The molecule has 150 valence electrons. The number of carbonyl (C=O) groups is 1. The van der Waals surface area contributed by atoms with Crippen LogP contribution in [0.2, 0.25) is 0 Å². The van der Waals surface area contributed by atoms with Crippen LogP contribution in [0.25, 0.3) is 0 Å². The highest BCUT2D eigenvalue weighted by atomic mass is 16.2. The van der Waals surface area contributed by atoms with Crippen molar-refractivity contribution >= 4 is 29.2 Å². The highest BCUT2D eigenvalue weighted by Gasteiger charge is 2.02. The molecule has 0 aliphatic rings. The van der Waals surface area contributed by atoms with Gasteiger partial charge in [-0.05, 0) is 54.8 Å². The molecule has 8 nitrogen and oxygen atoms in total. The van der Waals surface area contributed by atoms with Crippen LogP contribution in [0, 0.1) is 6.92 Å². The number of hydrogen-bond donors (Lipinski definition) is 4. The van der Waals surface area contributed by atoms with Crippen molar-refractivity contribution in [3.63, 3.8) is 0 Å². The highest BCUT2D eigenvalue weighted by Crippen LogP contribution is 2.13. The van der Waals surface area contributed by atoms with E-state index in [1.54, 1.807) is 6.20 Å². The third-order valence-corrected chi connectivity index (χ3v) is 4.17. The smallest absolute Gasteiger partial charge is 0.319 e. The Hall–Kier alpha value is -3.68. The molecule has 2 amide bonds. The molecule has 0 bridgehead atoms. The standard InChI is InChI=1S/C21H25N7O/c1-3-16-5-7-17(8-6-16)25-21(29)23-13-12-22-19-10-11-20(28-27-19)26-18-9-4-15(2)14-24-18/h4-11,14H,3,12-13H2,1-2H3,(H,22,27)(H2,23,25,29)(H,24,26,28). The first-order valence-electron chi connectivity index (χ1n) is 9.53. The number of anilines is 4. The van der Waals surface area contributed by atoms with Gasteiger partial charge in [0.2, 0.25) is 0 Å². The van der Waals surface area contributed by atoms with E-state index in [1.165, 1.54) is 5.56 Å². The summed E-state index contributed by atoms with van der Waals surface area (Å²) in [5.41, 5.74) is 3.10. The van der Waals surface area contributed by atoms with E-state index in [2.05, 4.69) is 43.4 Å². The minimum absolute atomic E-state index is 0.243. The summed E-state index contributed by atoms with van der Waals surface area (Å²) >= 11 is 0. The Labute approximate surface area is 170 Å². The summed E-state index contributed by atoms with van der Waals surface area (Å²) in [5, 5.41) is 20.0. The van der Waals surface area contributed by atoms with E-state index >= 15 is 0 Å². The summed E-state index contributed by atoms with van der Waals surface area (Å²) in [4.78, 5) is 16.2. The Balaban J connectivity index is 1.37. The van der Waals surface area contributed by atoms with Crippen LogP contribution in [0.4, 0.5) is 27.9 Å². The number of rotatable bonds is 8. The van der Waals surface area contributed by atoms with Crippen LogP contribution >= 0.6 is 0 Å². The van der Waals surface area contributed by atoms with Crippen molar-refractivity contribution in [1.82, 2.24) is 20.5 Å². The number of aromatic nitrogens is 3. The summed E-state index contributed by atoms with van der Waals surface area (Å²) in [5.74, 6) is 1.95. The summed E-state index contributed by atoms with van der Waals surface area (Å²) in [6.07, 6.45) is 2.76. The SMILES string of the molecule is CCc1ccc(NC(=O)NCCNc2ccc(Nc3ccc(C)cn3)nn2)cc1. The Kier molecular flexibility index (Phi) is 6.94. The maximum absolute atomic E-state index is 11.9. The van der Waals surface area contributed by atoms with Gasteiger partial charge in [-0.3, -0.25) is 0 Å². The van der Waals surface area contributed by atoms with E-state index in [0.717, 1.165) is 17.7 Å². The summed E-state index contributed by atoms with van der Waals surface area (Å²) in [6, 6.07) is 15.1. The lowest BCUT2D eigenvalue weighted by Crippen LogP contribution is -2.32. The van der Waals surface area contributed by atoms with Gasteiger partial charge in [0.1, 0.15) is 11.6 Å². The van der Waals surface area contributed by atoms with Crippen LogP contribution in [0.15, 0.2) is 54.7 Å². The Bertz CT molecular complexity index is 909. The van der Waals surface area contributed by atoms with Gasteiger partial charge in [0, 0.05) is 25.0 Å². The summed E-state index contributed by atoms with van der Waals surface area (Å²) < 4.78 is 0. The molecule has 0 aliphatic carbocycles. The van der Waals surface area contributed by atoms with Crippen molar-refractivity contribution in [2.45, 2.75) is 20.3 Å². The molecule has 8 heteroatoms. The second-order valence-corrected chi connectivity index (χ2v) is 6.51. The molecule has 0 spiro atoms. The second-order valence-electron chi connectivity index (χ2n) is 6.51. The maximum Gasteiger partial charge on any atom is 0.319 e. The summed E-state index contributed by atoms with van der Waals surface area (Å²) in [7, 11) is 0. The first-order valence-corrected chi connectivity index (χ1v) is 9.53. The quantitative estimate of drug-likeness (QED) is 0.436. The fourth-order valence-corrected chi connectivity index (χ4v) is 2.53. The maximum atomic E-state index is 11.9. The predicted octanol–water partition coefficient (Wildman–Crippen LogP) is 3.72. The molecule has 2 aromatic heterocycles. The van der Waals surface area contributed by atoms with Crippen LogP contribution in [-0.2, 0) is 6.42 Å². The molecule has 29 heavy (non-hydrogen) atoms. The van der Waals surface area contributed by atoms with Gasteiger partial charge >= 0.3 is 6.03 Å². The minimum Gasteiger partial charge on any atom is -0.367 e. The zero-order chi connectivity index (χ0) is 20.5. The van der Waals surface area contributed by atoms with E-state index in [-0.39, 0.29) is 6.03 Å². The van der Waals surface area contributed by atoms with Crippen LogP contribution in [-0.4, -0.2) is 34.3 Å². The van der Waals surface area contributed by atoms with E-state index in [9.17, 15) is 4.79 Å². The first kappa shape index (κ1) is 20.1. The number of carbonyl (C=O) groups excluding carboxylic acids is 1. The fraction of sp³-hybridized carbons (Fsp3) is 0.238. The highest BCUT2D eigenvalue weighted by molar-refractivity contribution is 5.89. The van der Waals surface area contributed by atoms with Gasteiger partial charge in [-0.1, -0.05) is 25.1 Å². The zero-order valence-corrected chi connectivity index (χ0v) is 16.6. The number of amides is 2. The van der Waals surface area contributed by atoms with Crippen LogP contribution in [0.1, 0.15) is 18.1 Å². The van der Waals surface area contributed by atoms with E-state index in [4.69, 9.17) is 0 Å². The third-order valence-electron chi connectivity index (χ3n) is 4.17. The Morgan fingerprint density at radius 2 is 1.62 bits per heavy atom. The minimum atomic E-state index is -0.243. The fourth-order valence-electron chi connectivity index (χ4n) is 2.53. The molecule has 0 aliphatic heterocycles. The molecule has 2 heterocycles. The molecule has 1 aromatic carbocycles.